The molecule has 0 saturated heterocycles. The van der Waals surface area contributed by atoms with Crippen molar-refractivity contribution < 1.29 is 0 Å². The van der Waals surface area contributed by atoms with Crippen LogP contribution in [0.25, 0.3) is 28.5 Å². The smallest absolute Gasteiger partial charge is 0.291 e. The summed E-state index contributed by atoms with van der Waals surface area (Å²) < 4.78 is 5.07. The summed E-state index contributed by atoms with van der Waals surface area (Å²) in [5.41, 5.74) is 4.60. The first-order chi connectivity index (χ1) is 18.2. The predicted molar refractivity (Wildman–Crippen MR) is 137 cm³/mol. The van der Waals surface area contributed by atoms with Crippen LogP contribution in [-0.2, 0) is 19.5 Å². The van der Waals surface area contributed by atoms with Crippen LogP contribution < -0.4 is 5.69 Å². The zero-order valence-electron chi connectivity index (χ0n) is 20.9. The summed E-state index contributed by atoms with van der Waals surface area (Å²) in [6.45, 7) is 5.30. The van der Waals surface area contributed by atoms with Gasteiger partial charge in [-0.15, -0.1) is 10.2 Å². The minimum Gasteiger partial charge on any atom is -0.291 e. The fraction of sp³-hybridized carbons (Fsp3) is 0.360. The molecule has 1 N–H and O–H groups in total. The van der Waals surface area contributed by atoms with Gasteiger partial charge in [0.15, 0.2) is 0 Å². The fourth-order valence-corrected chi connectivity index (χ4v) is 4.31. The number of nitrogens with zero attached hydrogens (tertiary/aromatic N) is 10. The highest BCUT2D eigenvalue weighted by Gasteiger charge is 2.19. The normalized spacial score (nSPS) is 11.3. The lowest BCUT2D eigenvalue weighted by molar-refractivity contribution is 0.540. The molecule has 5 aromatic rings. The SMILES string of the molecule is CCCCc1cn(-c2nnnn2CCCC)c(=O)n1Cc1cnccc1-c1ccc(-c2nn[nH]n2)cc1. The first-order valence-electron chi connectivity index (χ1n) is 12.5. The van der Waals surface area contributed by atoms with Crippen LogP contribution in [0.2, 0.25) is 0 Å². The van der Waals surface area contributed by atoms with Gasteiger partial charge in [-0.3, -0.25) is 9.55 Å². The first-order valence-corrected chi connectivity index (χ1v) is 12.5. The average Bonchev–Trinajstić information content (AvgIpc) is 3.69. The van der Waals surface area contributed by atoms with Crippen LogP contribution in [0.15, 0.2) is 53.7 Å². The Labute approximate surface area is 213 Å². The van der Waals surface area contributed by atoms with Crippen molar-refractivity contribution in [3.05, 3.63) is 70.7 Å². The fourth-order valence-electron chi connectivity index (χ4n) is 4.31. The van der Waals surface area contributed by atoms with Gasteiger partial charge in [0.25, 0.3) is 5.95 Å². The molecule has 0 aliphatic rings. The molecule has 0 atom stereocenters. The van der Waals surface area contributed by atoms with Crippen molar-refractivity contribution in [1.29, 1.82) is 0 Å². The summed E-state index contributed by atoms with van der Waals surface area (Å²) in [6.07, 6.45) is 10.2. The van der Waals surface area contributed by atoms with E-state index in [9.17, 15) is 4.79 Å². The second-order valence-corrected chi connectivity index (χ2v) is 8.86. The highest BCUT2D eigenvalue weighted by molar-refractivity contribution is 5.69. The molecule has 0 aliphatic heterocycles. The third-order valence-corrected chi connectivity index (χ3v) is 6.33. The van der Waals surface area contributed by atoms with E-state index in [-0.39, 0.29) is 5.69 Å². The maximum atomic E-state index is 13.7. The Morgan fingerprint density at radius 2 is 1.78 bits per heavy atom. The van der Waals surface area contributed by atoms with Gasteiger partial charge in [0, 0.05) is 36.4 Å². The van der Waals surface area contributed by atoms with Crippen LogP contribution in [0.5, 0.6) is 0 Å². The lowest BCUT2D eigenvalue weighted by Gasteiger charge is -2.12. The van der Waals surface area contributed by atoms with E-state index in [1.807, 2.05) is 47.3 Å². The molecule has 4 aromatic heterocycles. The molecule has 0 radical (unpaired) electrons. The van der Waals surface area contributed by atoms with Crippen molar-refractivity contribution in [2.45, 2.75) is 59.0 Å². The van der Waals surface area contributed by atoms with Gasteiger partial charge in [0.1, 0.15) is 0 Å². The Morgan fingerprint density at radius 1 is 0.973 bits per heavy atom. The van der Waals surface area contributed by atoms with Gasteiger partial charge in [0.05, 0.1) is 6.54 Å². The topological polar surface area (TPSA) is 138 Å². The summed E-state index contributed by atoms with van der Waals surface area (Å²) >= 11 is 0. The van der Waals surface area contributed by atoms with Crippen LogP contribution in [0.3, 0.4) is 0 Å². The molecular weight excluding hydrogens is 470 g/mol. The molecule has 0 bridgehead atoms. The number of imidazole rings is 1. The molecule has 0 amide bonds. The summed E-state index contributed by atoms with van der Waals surface area (Å²) in [7, 11) is 0. The second kappa shape index (κ2) is 11.1. The summed E-state index contributed by atoms with van der Waals surface area (Å²) in [5, 5.41) is 26.3. The predicted octanol–water partition coefficient (Wildman–Crippen LogP) is 3.06. The van der Waals surface area contributed by atoms with Crippen LogP contribution in [-0.4, -0.2) is 54.9 Å². The van der Waals surface area contributed by atoms with E-state index in [1.54, 1.807) is 15.4 Å². The number of aromatic amines is 1. The van der Waals surface area contributed by atoms with Crippen LogP contribution in [0.4, 0.5) is 0 Å². The highest BCUT2D eigenvalue weighted by Crippen LogP contribution is 2.26. The lowest BCUT2D eigenvalue weighted by atomic mass is 10.00. The van der Waals surface area contributed by atoms with E-state index in [1.165, 1.54) is 0 Å². The van der Waals surface area contributed by atoms with Gasteiger partial charge < -0.3 is 0 Å². The average molecular weight is 500 g/mol. The first kappa shape index (κ1) is 24.2. The van der Waals surface area contributed by atoms with Gasteiger partial charge in [0.2, 0.25) is 5.82 Å². The van der Waals surface area contributed by atoms with Gasteiger partial charge in [-0.2, -0.15) is 5.21 Å². The lowest BCUT2D eigenvalue weighted by Crippen LogP contribution is -2.27. The maximum absolute atomic E-state index is 13.7. The van der Waals surface area contributed by atoms with Crippen LogP contribution in [0, 0.1) is 0 Å². The maximum Gasteiger partial charge on any atom is 0.335 e. The number of tetrazole rings is 2. The third kappa shape index (κ3) is 5.08. The summed E-state index contributed by atoms with van der Waals surface area (Å²) in [5.74, 6) is 0.981. The van der Waals surface area contributed by atoms with Crippen molar-refractivity contribution >= 4 is 0 Å². The van der Waals surface area contributed by atoms with Gasteiger partial charge in [-0.05, 0) is 57.7 Å². The van der Waals surface area contributed by atoms with Crippen molar-refractivity contribution in [3.63, 3.8) is 0 Å². The van der Waals surface area contributed by atoms with Gasteiger partial charge in [-0.1, -0.05) is 56.1 Å². The molecule has 0 saturated carbocycles. The molecule has 37 heavy (non-hydrogen) atoms. The Bertz CT molecular complexity index is 1500. The number of benzene rings is 1. The number of H-pyrrole nitrogens is 1. The Kier molecular flexibility index (Phi) is 7.24. The zero-order chi connectivity index (χ0) is 25.6. The van der Waals surface area contributed by atoms with Crippen LogP contribution >= 0.6 is 0 Å². The molecule has 12 nitrogen and oxygen atoms in total. The third-order valence-electron chi connectivity index (χ3n) is 6.33. The number of pyridine rings is 1. The molecule has 0 fully saturated rings. The Hall–Kier alpha value is -4.48. The summed E-state index contributed by atoms with van der Waals surface area (Å²) in [6, 6.07) is 9.90. The standard InChI is InChI=1S/C25H29N11O/c1-3-5-7-21-17-35(24-29-32-33-36(24)14-6-4-2)25(37)34(21)16-20-15-26-13-12-22(20)18-8-10-19(11-9-18)23-27-30-31-28-23/h8-13,15,17H,3-7,14,16H2,1-2H3,(H,27,28,30,31). The van der Waals surface area contributed by atoms with E-state index < -0.39 is 0 Å². The number of nitrogens with one attached hydrogen (secondary N) is 1. The van der Waals surface area contributed by atoms with Gasteiger partial charge >= 0.3 is 5.69 Å². The van der Waals surface area contributed by atoms with Crippen molar-refractivity contribution in [2.24, 2.45) is 0 Å². The molecular formula is C25H29N11O. The number of unbranched alkanes of at least 4 members (excludes halogenated alkanes) is 2. The number of hydrogen-bond donors (Lipinski definition) is 1. The molecule has 0 spiro atoms. The second-order valence-electron chi connectivity index (χ2n) is 8.86. The van der Waals surface area contributed by atoms with E-state index in [2.05, 4.69) is 55.0 Å². The van der Waals surface area contributed by atoms with Crippen molar-refractivity contribution in [1.82, 2.24) is 54.9 Å². The molecule has 0 aliphatic carbocycles. The molecule has 1 aromatic carbocycles. The van der Waals surface area contributed by atoms with Crippen LogP contribution in [0.1, 0.15) is 50.8 Å². The zero-order valence-corrected chi connectivity index (χ0v) is 20.9. The molecule has 12 heteroatoms. The molecule has 5 rings (SSSR count). The molecule has 0 unspecified atom stereocenters. The summed E-state index contributed by atoms with van der Waals surface area (Å²) in [4.78, 5) is 18.0. The van der Waals surface area contributed by atoms with Gasteiger partial charge in [-0.25, -0.2) is 14.0 Å². The van der Waals surface area contributed by atoms with E-state index in [0.717, 1.165) is 60.1 Å². The quantitative estimate of drug-likeness (QED) is 0.293. The van der Waals surface area contributed by atoms with E-state index in [0.29, 0.717) is 24.9 Å². The number of aromatic nitrogens is 11. The molecule has 190 valence electrons. The minimum absolute atomic E-state index is 0.166. The minimum atomic E-state index is -0.166. The Morgan fingerprint density at radius 3 is 2.54 bits per heavy atom. The van der Waals surface area contributed by atoms with E-state index >= 15 is 0 Å². The number of hydrogen-bond acceptors (Lipinski definition) is 8. The van der Waals surface area contributed by atoms with Crippen molar-refractivity contribution in [2.75, 3.05) is 0 Å². The Balaban J connectivity index is 1.51. The molecule has 4 heterocycles. The van der Waals surface area contributed by atoms with E-state index in [4.69, 9.17) is 0 Å². The monoisotopic (exact) mass is 499 g/mol. The largest absolute Gasteiger partial charge is 0.335 e. The number of aryl methyl sites for hydroxylation is 2. The highest BCUT2D eigenvalue weighted by atomic mass is 16.2. The van der Waals surface area contributed by atoms with Crippen molar-refractivity contribution in [3.8, 4) is 28.5 Å². The number of rotatable bonds is 11.